The number of alkyl halides is 3. The minimum Gasteiger partial charge on any atom is -0.475 e. The third-order valence-corrected chi connectivity index (χ3v) is 4.05. The van der Waals surface area contributed by atoms with Gasteiger partial charge in [0, 0.05) is 6.04 Å². The first-order valence-electron chi connectivity index (χ1n) is 7.63. The Kier molecular flexibility index (Phi) is 6.62. The summed E-state index contributed by atoms with van der Waals surface area (Å²) in [5, 5.41) is 10.5. The molecule has 0 radical (unpaired) electrons. The van der Waals surface area contributed by atoms with Crippen LogP contribution in [0, 0.1) is 6.92 Å². The average molecular weight is 331 g/mol. The smallest absolute Gasteiger partial charge is 0.475 e. The van der Waals surface area contributed by atoms with Gasteiger partial charge < -0.3 is 10.4 Å². The van der Waals surface area contributed by atoms with Gasteiger partial charge in [0.25, 0.3) is 0 Å². The lowest BCUT2D eigenvalue weighted by molar-refractivity contribution is -0.192. The van der Waals surface area contributed by atoms with Crippen molar-refractivity contribution in [1.82, 2.24) is 5.32 Å². The van der Waals surface area contributed by atoms with Crippen LogP contribution in [0.1, 0.15) is 55.2 Å². The fourth-order valence-electron chi connectivity index (χ4n) is 2.54. The van der Waals surface area contributed by atoms with Gasteiger partial charge in [0.2, 0.25) is 0 Å². The highest BCUT2D eigenvalue weighted by atomic mass is 19.4. The van der Waals surface area contributed by atoms with Gasteiger partial charge in [0.1, 0.15) is 0 Å². The highest BCUT2D eigenvalue weighted by Crippen LogP contribution is 2.38. The van der Waals surface area contributed by atoms with E-state index < -0.39 is 12.1 Å². The molecule has 1 aromatic carbocycles. The Balaban J connectivity index is 0.000000322. The fraction of sp³-hybridized carbons (Fsp3) is 0.588. The van der Waals surface area contributed by atoms with E-state index in [1.165, 1.54) is 24.0 Å². The van der Waals surface area contributed by atoms with Crippen LogP contribution in [0.2, 0.25) is 0 Å². The molecule has 0 aromatic heterocycles. The third kappa shape index (κ3) is 5.86. The Labute approximate surface area is 134 Å². The molecule has 0 aliphatic heterocycles. The van der Waals surface area contributed by atoms with E-state index in [2.05, 4.69) is 51.3 Å². The summed E-state index contributed by atoms with van der Waals surface area (Å²) in [7, 11) is 2.07. The normalized spacial score (nSPS) is 20.5. The molecule has 0 heterocycles. The molecule has 1 aliphatic carbocycles. The first kappa shape index (κ1) is 19.5. The predicted octanol–water partition coefficient (Wildman–Crippen LogP) is 4.22. The van der Waals surface area contributed by atoms with Gasteiger partial charge in [-0.3, -0.25) is 0 Å². The zero-order valence-electron chi connectivity index (χ0n) is 13.9. The zero-order chi connectivity index (χ0) is 17.8. The second-order valence-electron chi connectivity index (χ2n) is 6.29. The first-order valence-corrected chi connectivity index (χ1v) is 7.63. The summed E-state index contributed by atoms with van der Waals surface area (Å²) >= 11 is 0. The fourth-order valence-corrected chi connectivity index (χ4v) is 2.54. The first-order chi connectivity index (χ1) is 10.5. The molecule has 1 aliphatic rings. The van der Waals surface area contributed by atoms with Crippen LogP contribution in [-0.4, -0.2) is 30.3 Å². The maximum absolute atomic E-state index is 10.6. The largest absolute Gasteiger partial charge is 0.490 e. The number of benzene rings is 1. The molecule has 0 saturated heterocycles. The van der Waals surface area contributed by atoms with Gasteiger partial charge in [0.15, 0.2) is 0 Å². The monoisotopic (exact) mass is 331 g/mol. The average Bonchev–Trinajstić information content (AvgIpc) is 2.36. The Bertz CT molecular complexity index is 535. The van der Waals surface area contributed by atoms with Gasteiger partial charge in [-0.05, 0) is 49.8 Å². The van der Waals surface area contributed by atoms with Crippen LogP contribution >= 0.6 is 0 Å². The Hall–Kier alpha value is -1.56. The zero-order valence-corrected chi connectivity index (χ0v) is 13.9. The third-order valence-electron chi connectivity index (χ3n) is 4.05. The van der Waals surface area contributed by atoms with Crippen molar-refractivity contribution in [3.05, 3.63) is 34.9 Å². The van der Waals surface area contributed by atoms with Crippen molar-refractivity contribution in [2.75, 3.05) is 7.05 Å². The molecule has 0 unspecified atom stereocenters. The lowest BCUT2D eigenvalue weighted by atomic mass is 9.75. The molecule has 0 amide bonds. The van der Waals surface area contributed by atoms with Gasteiger partial charge in [0.05, 0.1) is 0 Å². The van der Waals surface area contributed by atoms with Gasteiger partial charge in [-0.25, -0.2) is 4.79 Å². The van der Waals surface area contributed by atoms with Gasteiger partial charge in [-0.15, -0.1) is 0 Å². The number of aliphatic carboxylic acids is 1. The van der Waals surface area contributed by atoms with E-state index in [1.807, 2.05) is 0 Å². The van der Waals surface area contributed by atoms with Crippen LogP contribution in [0.5, 0.6) is 0 Å². The summed E-state index contributed by atoms with van der Waals surface area (Å²) in [6, 6.07) is 7.84. The summed E-state index contributed by atoms with van der Waals surface area (Å²) in [6.45, 7) is 6.76. The van der Waals surface area contributed by atoms with E-state index in [4.69, 9.17) is 9.90 Å². The van der Waals surface area contributed by atoms with Gasteiger partial charge in [-0.2, -0.15) is 13.2 Å². The maximum Gasteiger partial charge on any atom is 0.490 e. The summed E-state index contributed by atoms with van der Waals surface area (Å²) in [5.41, 5.74) is 4.45. The Morgan fingerprint density at radius 1 is 1.26 bits per heavy atom. The topological polar surface area (TPSA) is 49.3 Å². The number of carboxylic acid groups (broad SMARTS) is 1. The number of carbonyl (C=O) groups is 1. The lowest BCUT2D eigenvalue weighted by Crippen LogP contribution is -2.37. The minimum atomic E-state index is -5.08. The molecule has 1 aromatic rings. The van der Waals surface area contributed by atoms with Crippen LogP contribution in [0.15, 0.2) is 18.2 Å². The number of carboxylic acids is 1. The number of hydrogen-bond acceptors (Lipinski definition) is 2. The molecule has 130 valence electrons. The summed E-state index contributed by atoms with van der Waals surface area (Å²) in [6.07, 6.45) is -2.48. The van der Waals surface area contributed by atoms with Crippen molar-refractivity contribution >= 4 is 5.97 Å². The highest BCUT2D eigenvalue weighted by molar-refractivity contribution is 5.73. The quantitative estimate of drug-likeness (QED) is 0.872. The van der Waals surface area contributed by atoms with Crippen LogP contribution in [0.4, 0.5) is 13.2 Å². The van der Waals surface area contributed by atoms with Crippen molar-refractivity contribution in [3.8, 4) is 0 Å². The number of hydrogen-bond donors (Lipinski definition) is 2. The molecular weight excluding hydrogens is 307 g/mol. The van der Waals surface area contributed by atoms with E-state index in [1.54, 1.807) is 5.56 Å². The van der Waals surface area contributed by atoms with Crippen molar-refractivity contribution in [2.45, 2.75) is 57.7 Å². The molecule has 0 spiro atoms. The standard InChI is InChI=1S/C15H23N.C2HF3O2/c1-10(2)12-5-11(3)6-13(7-12)14-8-15(9-14)16-4;3-2(4,5)1(6)7/h5-7,10,14-16H,8-9H2,1-4H3;(H,6,7). The van der Waals surface area contributed by atoms with Crippen LogP contribution < -0.4 is 5.32 Å². The van der Waals surface area contributed by atoms with Crippen LogP contribution in [0.3, 0.4) is 0 Å². The molecule has 3 nitrogen and oxygen atoms in total. The molecule has 2 N–H and O–H groups in total. The highest BCUT2D eigenvalue weighted by Gasteiger charge is 2.38. The molecule has 2 rings (SSSR count). The molecule has 1 fully saturated rings. The van der Waals surface area contributed by atoms with Crippen LogP contribution in [-0.2, 0) is 4.79 Å². The van der Waals surface area contributed by atoms with Gasteiger partial charge in [-0.1, -0.05) is 37.6 Å². The SMILES string of the molecule is CNC1CC(c2cc(C)cc(C(C)C)c2)C1.O=C(O)C(F)(F)F. The van der Waals surface area contributed by atoms with E-state index in [-0.39, 0.29) is 0 Å². The van der Waals surface area contributed by atoms with E-state index in [9.17, 15) is 13.2 Å². The molecular formula is C17H24F3NO2. The number of nitrogens with one attached hydrogen (secondary N) is 1. The number of aryl methyl sites for hydroxylation is 1. The Morgan fingerprint density at radius 2 is 1.78 bits per heavy atom. The van der Waals surface area contributed by atoms with Crippen molar-refractivity contribution in [2.24, 2.45) is 0 Å². The van der Waals surface area contributed by atoms with Gasteiger partial charge >= 0.3 is 12.1 Å². The predicted molar refractivity (Wildman–Crippen MR) is 83.8 cm³/mol. The summed E-state index contributed by atoms with van der Waals surface area (Å²) in [4.78, 5) is 8.90. The van der Waals surface area contributed by atoms with Crippen molar-refractivity contribution < 1.29 is 23.1 Å². The second kappa shape index (κ2) is 7.81. The van der Waals surface area contributed by atoms with E-state index in [0.717, 1.165) is 12.0 Å². The molecule has 0 bridgehead atoms. The summed E-state index contributed by atoms with van der Waals surface area (Å²) < 4.78 is 31.7. The Morgan fingerprint density at radius 3 is 2.17 bits per heavy atom. The second-order valence-corrected chi connectivity index (χ2v) is 6.29. The lowest BCUT2D eigenvalue weighted by Gasteiger charge is -2.36. The number of halogens is 3. The van der Waals surface area contributed by atoms with E-state index in [0.29, 0.717) is 5.92 Å². The molecule has 1 saturated carbocycles. The minimum absolute atomic E-state index is 0.638. The molecule has 23 heavy (non-hydrogen) atoms. The van der Waals surface area contributed by atoms with Crippen LogP contribution in [0.25, 0.3) is 0 Å². The van der Waals surface area contributed by atoms with Crippen molar-refractivity contribution in [1.29, 1.82) is 0 Å². The molecule has 0 atom stereocenters. The summed E-state index contributed by atoms with van der Waals surface area (Å²) in [5.74, 6) is -1.33. The van der Waals surface area contributed by atoms with E-state index >= 15 is 0 Å². The van der Waals surface area contributed by atoms with Crippen molar-refractivity contribution in [3.63, 3.8) is 0 Å². The number of rotatable bonds is 3. The maximum atomic E-state index is 10.6. The molecule has 6 heteroatoms.